The average Bonchev–Trinajstić information content (AvgIpc) is 3.14. The zero-order valence-corrected chi connectivity index (χ0v) is 20.8. The van der Waals surface area contributed by atoms with Gasteiger partial charge in [0.05, 0.1) is 25.9 Å². The Morgan fingerprint density at radius 1 is 1.24 bits per heavy atom. The zero-order valence-electron chi connectivity index (χ0n) is 18.4. The molecular formula is C21H34IN5O2. The number of hydrogen-bond acceptors (Lipinski definition) is 5. The van der Waals surface area contributed by atoms with Gasteiger partial charge in [-0.2, -0.15) is 0 Å². The fraction of sp³-hybridized carbons (Fsp3) is 0.524. The molecule has 1 heterocycles. The minimum atomic E-state index is -0.0567. The molecule has 0 saturated heterocycles. The van der Waals surface area contributed by atoms with Gasteiger partial charge in [-0.05, 0) is 20.2 Å². The van der Waals surface area contributed by atoms with E-state index in [2.05, 4.69) is 66.4 Å². The summed E-state index contributed by atoms with van der Waals surface area (Å²) in [5.74, 6) is 3.08. The maximum absolute atomic E-state index is 5.83. The molecule has 162 valence electrons. The number of nitrogens with zero attached hydrogens (tertiary/aromatic N) is 3. The average molecular weight is 515 g/mol. The summed E-state index contributed by atoms with van der Waals surface area (Å²) in [5.41, 5.74) is 1.07. The number of hydrogen-bond donors (Lipinski definition) is 2. The second kappa shape index (κ2) is 11.4. The second-order valence-electron chi connectivity index (χ2n) is 7.90. The Labute approximate surface area is 191 Å². The first kappa shape index (κ1) is 25.2. The number of aliphatic imine (C=N–C) groups is 1. The summed E-state index contributed by atoms with van der Waals surface area (Å²) < 4.78 is 11.3. The highest BCUT2D eigenvalue weighted by Crippen LogP contribution is 2.27. The molecule has 29 heavy (non-hydrogen) atoms. The Bertz CT molecular complexity index is 783. The van der Waals surface area contributed by atoms with Gasteiger partial charge in [0.25, 0.3) is 0 Å². The van der Waals surface area contributed by atoms with Gasteiger partial charge < -0.3 is 24.7 Å². The summed E-state index contributed by atoms with van der Waals surface area (Å²) in [6.07, 6.45) is 1.79. The molecule has 1 aromatic heterocycles. The summed E-state index contributed by atoms with van der Waals surface area (Å²) in [5, 5.41) is 6.64. The van der Waals surface area contributed by atoms with Crippen molar-refractivity contribution in [2.24, 2.45) is 4.99 Å². The lowest BCUT2D eigenvalue weighted by Crippen LogP contribution is -2.41. The number of likely N-dealkylation sites (N-methyl/N-ethyl adjacent to an activating group) is 1. The molecule has 0 radical (unpaired) electrons. The Kier molecular flexibility index (Phi) is 9.91. The van der Waals surface area contributed by atoms with Crippen LogP contribution in [-0.2, 0) is 12.0 Å². The molecule has 1 atom stereocenters. The molecule has 0 spiro atoms. The molecule has 0 fully saturated rings. The maximum Gasteiger partial charge on any atom is 0.213 e. The summed E-state index contributed by atoms with van der Waals surface area (Å²) in [6, 6.07) is 8.20. The van der Waals surface area contributed by atoms with E-state index in [0.717, 1.165) is 17.1 Å². The molecule has 1 aromatic carbocycles. The first-order chi connectivity index (χ1) is 13.3. The van der Waals surface area contributed by atoms with Gasteiger partial charge >= 0.3 is 0 Å². The fourth-order valence-electron chi connectivity index (χ4n) is 2.82. The van der Waals surface area contributed by atoms with E-state index in [0.29, 0.717) is 24.9 Å². The summed E-state index contributed by atoms with van der Waals surface area (Å²) in [7, 11) is 7.55. The molecule has 0 aliphatic rings. The van der Waals surface area contributed by atoms with Gasteiger partial charge in [-0.25, -0.2) is 4.98 Å². The van der Waals surface area contributed by atoms with Crippen molar-refractivity contribution in [2.45, 2.75) is 38.8 Å². The van der Waals surface area contributed by atoms with Crippen LogP contribution in [0.15, 0.2) is 39.9 Å². The lowest BCUT2D eigenvalue weighted by Gasteiger charge is -2.27. The van der Waals surface area contributed by atoms with Crippen molar-refractivity contribution in [1.29, 1.82) is 0 Å². The van der Waals surface area contributed by atoms with Gasteiger partial charge in [-0.1, -0.05) is 39.0 Å². The summed E-state index contributed by atoms with van der Waals surface area (Å²) in [6.45, 7) is 7.45. The minimum absolute atomic E-state index is 0. The van der Waals surface area contributed by atoms with Crippen molar-refractivity contribution in [3.05, 3.63) is 47.7 Å². The number of aromatic nitrogens is 1. The SMILES string of the molecule is CN=C(NCc1ncc(C(C)(C)C)o1)NCC(c1ccccc1OC)N(C)C.I. The molecular weight excluding hydrogens is 481 g/mol. The van der Waals surface area contributed by atoms with Crippen molar-refractivity contribution < 1.29 is 9.15 Å². The molecule has 0 saturated carbocycles. The summed E-state index contributed by atoms with van der Waals surface area (Å²) >= 11 is 0. The fourth-order valence-corrected chi connectivity index (χ4v) is 2.82. The molecule has 2 aromatic rings. The molecule has 0 aliphatic heterocycles. The van der Waals surface area contributed by atoms with E-state index in [9.17, 15) is 0 Å². The van der Waals surface area contributed by atoms with Crippen LogP contribution in [0.2, 0.25) is 0 Å². The van der Waals surface area contributed by atoms with Crippen LogP contribution in [0.3, 0.4) is 0 Å². The van der Waals surface area contributed by atoms with Crippen LogP contribution in [0.4, 0.5) is 0 Å². The maximum atomic E-state index is 5.83. The highest BCUT2D eigenvalue weighted by Gasteiger charge is 2.20. The molecule has 2 rings (SSSR count). The van der Waals surface area contributed by atoms with E-state index in [1.54, 1.807) is 20.4 Å². The number of oxazole rings is 1. The predicted molar refractivity (Wildman–Crippen MR) is 128 cm³/mol. The van der Waals surface area contributed by atoms with Crippen LogP contribution < -0.4 is 15.4 Å². The van der Waals surface area contributed by atoms with Crippen LogP contribution in [0.1, 0.15) is 44.0 Å². The van der Waals surface area contributed by atoms with Crippen molar-refractivity contribution in [3.63, 3.8) is 0 Å². The smallest absolute Gasteiger partial charge is 0.213 e. The Morgan fingerprint density at radius 2 is 1.93 bits per heavy atom. The van der Waals surface area contributed by atoms with Gasteiger partial charge in [0, 0.05) is 24.6 Å². The van der Waals surface area contributed by atoms with E-state index in [-0.39, 0.29) is 35.4 Å². The number of rotatable bonds is 7. The molecule has 8 heteroatoms. The van der Waals surface area contributed by atoms with E-state index >= 15 is 0 Å². The van der Waals surface area contributed by atoms with Crippen molar-refractivity contribution in [3.8, 4) is 5.75 Å². The Hall–Kier alpha value is -1.81. The molecule has 1 unspecified atom stereocenters. The Balaban J connectivity index is 0.00000420. The van der Waals surface area contributed by atoms with Crippen molar-refractivity contribution in [2.75, 3.05) is 34.8 Å². The van der Waals surface area contributed by atoms with Gasteiger partial charge in [-0.3, -0.25) is 4.99 Å². The van der Waals surface area contributed by atoms with E-state index in [1.165, 1.54) is 0 Å². The van der Waals surface area contributed by atoms with Gasteiger partial charge in [0.15, 0.2) is 5.96 Å². The molecule has 0 amide bonds. The van der Waals surface area contributed by atoms with Gasteiger partial charge in [-0.15, -0.1) is 24.0 Å². The third-order valence-electron chi connectivity index (χ3n) is 4.51. The number of methoxy groups -OCH3 is 1. The quantitative estimate of drug-likeness (QED) is 0.334. The number of benzene rings is 1. The first-order valence-electron chi connectivity index (χ1n) is 9.45. The molecule has 7 nitrogen and oxygen atoms in total. The van der Waals surface area contributed by atoms with Gasteiger partial charge in [0.2, 0.25) is 5.89 Å². The third-order valence-corrected chi connectivity index (χ3v) is 4.51. The summed E-state index contributed by atoms with van der Waals surface area (Å²) in [4.78, 5) is 10.8. The molecule has 2 N–H and O–H groups in total. The predicted octanol–water partition coefficient (Wildman–Crippen LogP) is 3.57. The molecule has 0 bridgehead atoms. The monoisotopic (exact) mass is 515 g/mol. The number of nitrogens with one attached hydrogen (secondary N) is 2. The van der Waals surface area contributed by atoms with E-state index < -0.39 is 0 Å². The molecule has 0 aliphatic carbocycles. The standard InChI is InChI=1S/C21H33N5O2.HI/c1-21(2,3)18-13-23-19(28-18)14-25-20(22-4)24-12-16(26(5)6)15-10-8-9-11-17(15)27-7;/h8-11,13,16H,12,14H2,1-7H3,(H2,22,24,25);1H. The number of halogens is 1. The largest absolute Gasteiger partial charge is 0.496 e. The number of guanidine groups is 1. The van der Waals surface area contributed by atoms with Crippen molar-refractivity contribution in [1.82, 2.24) is 20.5 Å². The van der Waals surface area contributed by atoms with E-state index in [4.69, 9.17) is 9.15 Å². The van der Waals surface area contributed by atoms with Crippen LogP contribution in [0.5, 0.6) is 5.75 Å². The minimum Gasteiger partial charge on any atom is -0.496 e. The number of para-hydroxylation sites is 1. The lowest BCUT2D eigenvalue weighted by molar-refractivity contribution is 0.287. The van der Waals surface area contributed by atoms with Crippen LogP contribution in [0.25, 0.3) is 0 Å². The Morgan fingerprint density at radius 3 is 2.48 bits per heavy atom. The normalized spacial score (nSPS) is 13.0. The van der Waals surface area contributed by atoms with Crippen LogP contribution >= 0.6 is 24.0 Å². The number of ether oxygens (including phenoxy) is 1. The van der Waals surface area contributed by atoms with Crippen LogP contribution in [0, 0.1) is 0 Å². The third kappa shape index (κ3) is 7.18. The van der Waals surface area contributed by atoms with Crippen molar-refractivity contribution >= 4 is 29.9 Å². The highest BCUT2D eigenvalue weighted by atomic mass is 127. The lowest BCUT2D eigenvalue weighted by atomic mass is 9.94. The second-order valence-corrected chi connectivity index (χ2v) is 7.90. The van der Waals surface area contributed by atoms with Crippen LogP contribution in [-0.4, -0.2) is 50.6 Å². The zero-order chi connectivity index (χ0) is 20.7. The van der Waals surface area contributed by atoms with E-state index in [1.807, 2.05) is 18.2 Å². The first-order valence-corrected chi connectivity index (χ1v) is 9.45. The highest BCUT2D eigenvalue weighted by molar-refractivity contribution is 14.0. The topological polar surface area (TPSA) is 74.9 Å². The van der Waals surface area contributed by atoms with Gasteiger partial charge in [0.1, 0.15) is 11.5 Å².